The van der Waals surface area contributed by atoms with Crippen molar-refractivity contribution >= 4 is 144 Å². The number of aliphatic hydroxyl groups is 1. The van der Waals surface area contributed by atoms with E-state index in [0.717, 1.165) is 35.8 Å². The highest BCUT2D eigenvalue weighted by molar-refractivity contribution is 8.77. The maximum Gasteiger partial charge on any atom is 0.322 e. The first-order valence-electron chi connectivity index (χ1n) is 42.0. The van der Waals surface area contributed by atoms with Crippen LogP contribution in [-0.4, -0.2) is 207 Å². The van der Waals surface area contributed by atoms with Gasteiger partial charge in [-0.05, 0) is 158 Å². The molecule has 17 amide bonds. The minimum Gasteiger partial charge on any atom is -0.394 e. The summed E-state index contributed by atoms with van der Waals surface area (Å²) >= 11 is 6.28. The lowest BCUT2D eigenvalue weighted by molar-refractivity contribution is -0.142. The Morgan fingerprint density at radius 2 is 1.08 bits per heavy atom. The fraction of sp³-hybridized carbons (Fsp3) is 0.455. The molecular formula is C88H113ClN18O16S2. The van der Waals surface area contributed by atoms with Gasteiger partial charge in [-0.1, -0.05) is 152 Å². The van der Waals surface area contributed by atoms with Crippen LogP contribution in [0.15, 0.2) is 140 Å². The molecule has 3 aliphatic heterocycles. The number of anilines is 2. The second-order valence-corrected chi connectivity index (χ2v) is 35.4. The topological polar surface area (TPSA) is 513 Å². The molecule has 0 bridgehead atoms. The summed E-state index contributed by atoms with van der Waals surface area (Å²) in [7, 11) is 3.72. The number of imide groups is 1. The number of carbonyl (C=O) groups is 15. The number of rotatable bonds is 46. The van der Waals surface area contributed by atoms with E-state index in [2.05, 4.69) is 79.4 Å². The Balaban J connectivity index is 1.02. The minimum atomic E-state index is -1.93. The number of halogens is 1. The molecule has 34 nitrogen and oxygen atoms in total. The monoisotopic (exact) mass is 1780 g/mol. The molecule has 0 saturated carbocycles. The van der Waals surface area contributed by atoms with Gasteiger partial charge in [0.05, 0.1) is 13.0 Å². The molecular weight excluding hydrogens is 1660 g/mol. The summed E-state index contributed by atoms with van der Waals surface area (Å²) in [6.45, 7) is 8.57. The second kappa shape index (κ2) is 48.5. The molecule has 3 aliphatic rings. The number of amides is 17. The molecule has 2 unspecified atom stereocenters. The van der Waals surface area contributed by atoms with Crippen LogP contribution in [0.1, 0.15) is 139 Å². The van der Waals surface area contributed by atoms with Crippen molar-refractivity contribution < 1.29 is 77.0 Å². The van der Waals surface area contributed by atoms with Crippen LogP contribution in [0.2, 0.25) is 5.02 Å². The van der Waals surface area contributed by atoms with Gasteiger partial charge in [-0.15, -0.1) is 0 Å². The van der Waals surface area contributed by atoms with Crippen LogP contribution in [0.25, 0.3) is 10.8 Å². The maximum absolute atomic E-state index is 15.6. The van der Waals surface area contributed by atoms with Crippen molar-refractivity contribution in [2.45, 2.75) is 222 Å². The van der Waals surface area contributed by atoms with Gasteiger partial charge in [-0.3, -0.25) is 72.6 Å². The number of unbranched alkanes of at least 4 members (excludes halogenated alkanes) is 2. The number of nitrogens with two attached hydrogens (primary N) is 2. The van der Waals surface area contributed by atoms with E-state index in [1.807, 2.05) is 71.8 Å². The average Bonchev–Trinajstić information content (AvgIpc) is 1.59. The summed E-state index contributed by atoms with van der Waals surface area (Å²) in [4.78, 5) is 216. The largest absolute Gasteiger partial charge is 0.394 e. The van der Waals surface area contributed by atoms with Crippen LogP contribution >= 0.6 is 33.2 Å². The average molecular weight is 1780 g/mol. The van der Waals surface area contributed by atoms with E-state index in [9.17, 15) is 48.3 Å². The lowest BCUT2D eigenvalue weighted by Gasteiger charge is -2.31. The van der Waals surface area contributed by atoms with Gasteiger partial charge in [-0.2, -0.15) is 0 Å². The number of pyridine rings is 1. The molecule has 3 fully saturated rings. The molecule has 670 valence electrons. The summed E-state index contributed by atoms with van der Waals surface area (Å²) in [6.07, 6.45) is 6.94. The molecule has 1 aromatic heterocycles. The number of nitrogens with one attached hydrogen (secondary N) is 14. The predicted molar refractivity (Wildman–Crippen MR) is 475 cm³/mol. The summed E-state index contributed by atoms with van der Waals surface area (Å²) < 4.78 is 0. The van der Waals surface area contributed by atoms with E-state index < -0.39 is 162 Å². The predicted octanol–water partition coefficient (Wildman–Crippen LogP) is 4.21. The quantitative estimate of drug-likeness (QED) is 0.0188. The molecule has 12 atom stereocenters. The van der Waals surface area contributed by atoms with Crippen LogP contribution in [0.5, 0.6) is 0 Å². The van der Waals surface area contributed by atoms with Gasteiger partial charge in [0.25, 0.3) is 0 Å². The Kier molecular flexibility index (Phi) is 37.7. The molecule has 6 aromatic rings. The van der Waals surface area contributed by atoms with Crippen LogP contribution < -0.4 is 85.9 Å². The molecule has 37 heteroatoms. The number of likely N-dealkylation sites (tertiary alicyclic amines) is 1. The molecule has 125 heavy (non-hydrogen) atoms. The smallest absolute Gasteiger partial charge is 0.322 e. The molecule has 19 N–H and O–H groups in total. The Morgan fingerprint density at radius 1 is 0.552 bits per heavy atom. The number of benzene rings is 5. The van der Waals surface area contributed by atoms with E-state index in [1.54, 1.807) is 80.6 Å². The standard InChI is InChI=1S/C88H113ClN18O16S2/c1-50(2)40-65(78(113)97-64(18-10-11-37-93-51(3)4)86(121)107-38-13-19-73(107)85(120)94-52(5)76(90)111)98-79(114)67(43-54-24-31-61(32-25-54)95-74(109)20-9-8-17-63-35-39-124-125-63)99-81(116)68(44-55-26-33-62(34-27-55)96-77(112)71-47-75(110)106-88(123)105-71)102-84(119)72(49-108)103-82(117)69(46-57-14-12-36-92-48-57)101-80(115)66(42-53-22-29-60(89)30-23-53)100-83(118)70(104-87(91)122)45-56-21-28-58-15-6-7-16-59(58)41-56/h6-7,12,14-16,21-34,36,41,48,50-52,63-73,93,108H,8-11,13,17-20,35,37-40,42-47,49H2,1-5H3,(H2,90,111)(H,94,120)(H,95,109)(H,96,112)(H,97,113)(H,98,114)(H,99,116)(H,100,118)(H,101,115)(H,102,119)(H,103,117)(H3,91,104,122)(H2,105,106,110,123)/t52-,63?,64+,65+,66-,67-,68+,69-,70-,71?,72+,73+/m1/s1. The number of fused-ring (bicyclic) bond motifs is 1. The van der Waals surface area contributed by atoms with Gasteiger partial charge in [0.15, 0.2) is 0 Å². The summed E-state index contributed by atoms with van der Waals surface area (Å²) in [5, 5.41) is 51.5. The van der Waals surface area contributed by atoms with Gasteiger partial charge in [0, 0.05) is 90.9 Å². The SMILES string of the molecule is CC(C)C[C@H](NC(=O)[C@@H](Cc1ccc(NC(=O)CCCCC2CCSS2)cc1)NC(=O)[C@H](Cc1ccc(NC(=O)C2CC(=O)NC(=O)N2)cc1)NC(=O)[C@H](CO)NC(=O)[C@@H](Cc1cccnc1)NC(=O)[C@@H](Cc1ccc(Cl)cc1)NC(=O)[C@@H](Cc1ccc2ccccc2c1)NC(N)=O)C(=O)N[C@@H](CCCCNC(C)C)C(=O)N1CCC[C@H]1C(=O)N[C@H](C)C(N)=O. The maximum atomic E-state index is 15.6. The van der Waals surface area contributed by atoms with Crippen LogP contribution in [0, 0.1) is 5.92 Å². The lowest BCUT2D eigenvalue weighted by atomic mass is 9.99. The zero-order valence-corrected chi connectivity index (χ0v) is 72.9. The van der Waals surface area contributed by atoms with Gasteiger partial charge >= 0.3 is 12.1 Å². The van der Waals surface area contributed by atoms with E-state index in [-0.39, 0.29) is 87.9 Å². The lowest BCUT2D eigenvalue weighted by Crippen LogP contribution is -2.62. The molecule has 4 heterocycles. The van der Waals surface area contributed by atoms with Crippen LogP contribution in [0.3, 0.4) is 0 Å². The van der Waals surface area contributed by atoms with Gasteiger partial charge < -0.3 is 90.6 Å². The van der Waals surface area contributed by atoms with Gasteiger partial charge in [-0.25, -0.2) is 9.59 Å². The zero-order valence-electron chi connectivity index (χ0n) is 70.5. The van der Waals surface area contributed by atoms with E-state index >= 15 is 28.8 Å². The first kappa shape index (κ1) is 97.1. The number of nitrogens with zero attached hydrogens (tertiary/aromatic N) is 2. The first-order valence-corrected chi connectivity index (χ1v) is 44.8. The molecule has 3 saturated heterocycles. The third-order valence-corrected chi connectivity index (χ3v) is 24.6. The van der Waals surface area contributed by atoms with Crippen molar-refractivity contribution in [2.24, 2.45) is 17.4 Å². The number of aromatic nitrogens is 1. The van der Waals surface area contributed by atoms with Gasteiger partial charge in [0.2, 0.25) is 76.8 Å². The van der Waals surface area contributed by atoms with Crippen molar-refractivity contribution in [3.05, 3.63) is 173 Å². The second-order valence-electron chi connectivity index (χ2n) is 32.2. The Bertz CT molecular complexity index is 4750. The Labute approximate surface area is 738 Å². The Morgan fingerprint density at radius 3 is 1.62 bits per heavy atom. The Hall–Kier alpha value is -11.7. The number of hydrogen-bond donors (Lipinski definition) is 17. The van der Waals surface area contributed by atoms with E-state index in [1.165, 1.54) is 48.5 Å². The first-order chi connectivity index (χ1) is 59.8. The van der Waals surface area contributed by atoms with E-state index in [4.69, 9.17) is 23.1 Å². The number of primary amides is 2. The van der Waals surface area contributed by atoms with Crippen molar-refractivity contribution in [1.82, 2.24) is 73.7 Å². The summed E-state index contributed by atoms with van der Waals surface area (Å²) in [6, 6.07) is 17.4. The van der Waals surface area contributed by atoms with Crippen LogP contribution in [-0.2, 0) is 94.4 Å². The fourth-order valence-corrected chi connectivity index (χ4v) is 17.8. The van der Waals surface area contributed by atoms with E-state index in [0.29, 0.717) is 76.0 Å². The normalized spacial score (nSPS) is 17.1. The third-order valence-electron chi connectivity index (χ3n) is 21.3. The highest BCUT2D eigenvalue weighted by atomic mass is 35.5. The number of aliphatic hydroxyl groups excluding tert-OH is 1. The molecule has 0 spiro atoms. The van der Waals surface area contributed by atoms with Gasteiger partial charge in [0.1, 0.15) is 66.5 Å². The molecule has 0 radical (unpaired) electrons. The minimum absolute atomic E-state index is 0.0184. The fourth-order valence-electron chi connectivity index (χ4n) is 14.6. The highest BCUT2D eigenvalue weighted by Gasteiger charge is 2.41. The summed E-state index contributed by atoms with van der Waals surface area (Å²) in [5.41, 5.74) is 14.0. The zero-order chi connectivity index (χ0) is 90.2. The van der Waals surface area contributed by atoms with Crippen LogP contribution in [0.4, 0.5) is 21.0 Å². The number of carbonyl (C=O) groups excluding carboxylic acids is 15. The van der Waals surface area contributed by atoms with Crippen molar-refractivity contribution in [2.75, 3.05) is 36.1 Å². The van der Waals surface area contributed by atoms with Crippen molar-refractivity contribution in [3.63, 3.8) is 0 Å². The molecule has 5 aromatic carbocycles. The summed E-state index contributed by atoms with van der Waals surface area (Å²) in [5.74, 6) is -9.58. The molecule has 9 rings (SSSR count). The highest BCUT2D eigenvalue weighted by Crippen LogP contribution is 2.40. The van der Waals surface area contributed by atoms with Crippen molar-refractivity contribution in [1.29, 1.82) is 0 Å². The number of urea groups is 2. The number of hydrogen-bond acceptors (Lipinski definition) is 20. The van der Waals surface area contributed by atoms with Crippen molar-refractivity contribution in [3.8, 4) is 0 Å². The third kappa shape index (κ3) is 31.5. The molecule has 0 aliphatic carbocycles.